The summed E-state index contributed by atoms with van der Waals surface area (Å²) in [6.45, 7) is 7.12. The first-order chi connectivity index (χ1) is 15.0. The lowest BCUT2D eigenvalue weighted by Gasteiger charge is -2.41. The Balaban J connectivity index is 1.69. The van der Waals surface area contributed by atoms with Crippen LogP contribution in [0.1, 0.15) is 19.7 Å². The minimum atomic E-state index is -0.407. The molecule has 8 nitrogen and oxygen atoms in total. The van der Waals surface area contributed by atoms with E-state index in [1.165, 1.54) is 11.8 Å². The second-order valence-corrected chi connectivity index (χ2v) is 9.38. The molecule has 1 fully saturated rings. The molecule has 1 unspecified atom stereocenters. The normalized spacial score (nSPS) is 22.5. The molecule has 9 heteroatoms. The van der Waals surface area contributed by atoms with Crippen molar-refractivity contribution >= 4 is 40.3 Å². The van der Waals surface area contributed by atoms with Crippen LogP contribution in [-0.2, 0) is 16.1 Å². The van der Waals surface area contributed by atoms with E-state index >= 15 is 0 Å². The van der Waals surface area contributed by atoms with Crippen molar-refractivity contribution in [2.24, 2.45) is 5.92 Å². The molecule has 3 heterocycles. The molecule has 0 radical (unpaired) electrons. The number of benzene rings is 1. The summed E-state index contributed by atoms with van der Waals surface area (Å²) < 4.78 is 0. The van der Waals surface area contributed by atoms with E-state index in [9.17, 15) is 9.59 Å². The number of carbonyl (C=O) groups is 2. The molecule has 2 N–H and O–H groups in total. The third kappa shape index (κ3) is 4.77. The molecule has 2 aliphatic heterocycles. The Kier molecular flexibility index (Phi) is 6.62. The third-order valence-corrected chi connectivity index (χ3v) is 6.51. The predicted octanol–water partition coefficient (Wildman–Crippen LogP) is 1.57. The molecule has 2 bridgehead atoms. The number of anilines is 1. The van der Waals surface area contributed by atoms with Crippen molar-refractivity contribution < 1.29 is 9.59 Å². The van der Waals surface area contributed by atoms with Crippen LogP contribution in [0.25, 0.3) is 10.9 Å². The number of rotatable bonds is 3. The zero-order valence-corrected chi connectivity index (χ0v) is 19.1. The number of carbonyl (C=O) groups excluding carboxylic acids is 2. The van der Waals surface area contributed by atoms with Gasteiger partial charge in [0.2, 0.25) is 11.8 Å². The largest absolute Gasteiger partial charge is 0.358 e. The van der Waals surface area contributed by atoms with Crippen LogP contribution < -0.4 is 10.6 Å². The summed E-state index contributed by atoms with van der Waals surface area (Å²) in [5, 5.41) is 7.42. The third-order valence-electron chi connectivity index (χ3n) is 5.97. The second-order valence-electron chi connectivity index (χ2n) is 8.51. The van der Waals surface area contributed by atoms with Crippen LogP contribution in [0.4, 0.5) is 5.82 Å². The number of hydrogen-bond acceptors (Lipinski definition) is 7. The minimum absolute atomic E-state index is 0.0212. The van der Waals surface area contributed by atoms with Gasteiger partial charge in [-0.3, -0.25) is 14.5 Å². The van der Waals surface area contributed by atoms with Gasteiger partial charge in [0.1, 0.15) is 17.7 Å². The van der Waals surface area contributed by atoms with Crippen molar-refractivity contribution in [1.29, 1.82) is 0 Å². The summed E-state index contributed by atoms with van der Waals surface area (Å²) in [6, 6.07) is 7.50. The number of fused-ring (bicyclic) bond motifs is 5. The number of nitrogens with zero attached hydrogens (tertiary/aromatic N) is 4. The quantitative estimate of drug-likeness (QED) is 0.746. The SMILES string of the molecule is CSCC(=O)N1CCN2Cc3nc(c4ccccc4n3)N[C@@H](C(C)C)C(=O)NCC2C1. The van der Waals surface area contributed by atoms with E-state index in [2.05, 4.69) is 15.5 Å². The molecule has 2 amide bonds. The molecular formula is C22H30N6O2S. The second kappa shape index (κ2) is 9.40. The molecule has 1 aromatic carbocycles. The molecule has 1 saturated heterocycles. The van der Waals surface area contributed by atoms with Gasteiger partial charge in [0, 0.05) is 37.6 Å². The number of hydrogen-bond donors (Lipinski definition) is 2. The molecule has 31 heavy (non-hydrogen) atoms. The highest BCUT2D eigenvalue weighted by Gasteiger charge is 2.32. The van der Waals surface area contributed by atoms with Gasteiger partial charge < -0.3 is 15.5 Å². The van der Waals surface area contributed by atoms with Gasteiger partial charge in [-0.25, -0.2) is 9.97 Å². The van der Waals surface area contributed by atoms with Crippen LogP contribution in [0.5, 0.6) is 0 Å². The van der Waals surface area contributed by atoms with Gasteiger partial charge in [-0.2, -0.15) is 11.8 Å². The number of aromatic nitrogens is 2. The van der Waals surface area contributed by atoms with Crippen LogP contribution in [0.3, 0.4) is 0 Å². The molecule has 0 saturated carbocycles. The smallest absolute Gasteiger partial charge is 0.242 e. The Morgan fingerprint density at radius 1 is 1.26 bits per heavy atom. The van der Waals surface area contributed by atoms with Gasteiger partial charge in [0.15, 0.2) is 0 Å². The molecule has 2 aliphatic rings. The van der Waals surface area contributed by atoms with E-state index in [4.69, 9.17) is 9.97 Å². The predicted molar refractivity (Wildman–Crippen MR) is 124 cm³/mol. The van der Waals surface area contributed by atoms with Gasteiger partial charge in [-0.15, -0.1) is 0 Å². The van der Waals surface area contributed by atoms with Crippen molar-refractivity contribution in [3.05, 3.63) is 30.1 Å². The number of piperazine rings is 1. The Morgan fingerprint density at radius 2 is 2.06 bits per heavy atom. The lowest BCUT2D eigenvalue weighted by atomic mass is 10.0. The zero-order valence-electron chi connectivity index (χ0n) is 18.3. The van der Waals surface area contributed by atoms with Gasteiger partial charge in [-0.1, -0.05) is 26.0 Å². The van der Waals surface area contributed by atoms with Crippen LogP contribution in [0, 0.1) is 5.92 Å². The van der Waals surface area contributed by atoms with E-state index in [1.54, 1.807) is 0 Å². The highest BCUT2D eigenvalue weighted by molar-refractivity contribution is 7.99. The fourth-order valence-corrected chi connectivity index (χ4v) is 4.66. The van der Waals surface area contributed by atoms with Crippen molar-refractivity contribution in [3.8, 4) is 0 Å². The molecule has 0 spiro atoms. The minimum Gasteiger partial charge on any atom is -0.358 e. The van der Waals surface area contributed by atoms with E-state index in [1.807, 2.05) is 49.3 Å². The fourth-order valence-electron chi connectivity index (χ4n) is 4.23. The number of thioether (sulfide) groups is 1. The highest BCUT2D eigenvalue weighted by atomic mass is 32.2. The Labute approximate surface area is 187 Å². The van der Waals surface area contributed by atoms with Crippen molar-refractivity contribution in [2.45, 2.75) is 32.5 Å². The van der Waals surface area contributed by atoms with Crippen molar-refractivity contribution in [3.63, 3.8) is 0 Å². The lowest BCUT2D eigenvalue weighted by Crippen LogP contribution is -2.58. The van der Waals surface area contributed by atoms with Crippen LogP contribution in [-0.4, -0.2) is 81.9 Å². The monoisotopic (exact) mass is 442 g/mol. The summed E-state index contributed by atoms with van der Waals surface area (Å²) in [7, 11) is 0. The van der Waals surface area contributed by atoms with Gasteiger partial charge in [-0.05, 0) is 24.3 Å². The van der Waals surface area contributed by atoms with Crippen molar-refractivity contribution in [2.75, 3.05) is 43.5 Å². The first-order valence-corrected chi connectivity index (χ1v) is 12.2. The molecular weight excluding hydrogens is 412 g/mol. The number of amides is 2. The molecule has 1 aromatic heterocycles. The standard InChI is InChI=1S/C22H30N6O2S/c1-14(2)20-22(30)23-10-15-11-28(19(29)13-31-3)9-8-27(15)12-18-24-17-7-5-4-6-16(17)21(25-18)26-20/h4-7,14-15,20H,8-13H2,1-3H3,(H,23,30)(H,24,25,26)/t15?,20-/m0/s1. The summed E-state index contributed by atoms with van der Waals surface area (Å²) in [6.07, 6.45) is 1.94. The Bertz CT molecular complexity index is 968. The van der Waals surface area contributed by atoms with E-state index in [0.717, 1.165) is 23.3 Å². The fraction of sp³-hybridized carbons (Fsp3) is 0.545. The van der Waals surface area contributed by atoms with Gasteiger partial charge in [0.05, 0.1) is 17.8 Å². The van der Waals surface area contributed by atoms with Crippen LogP contribution in [0.15, 0.2) is 24.3 Å². The Morgan fingerprint density at radius 3 is 2.84 bits per heavy atom. The van der Waals surface area contributed by atoms with E-state index < -0.39 is 6.04 Å². The highest BCUT2D eigenvalue weighted by Crippen LogP contribution is 2.24. The van der Waals surface area contributed by atoms with Gasteiger partial charge in [0.25, 0.3) is 0 Å². The summed E-state index contributed by atoms with van der Waals surface area (Å²) >= 11 is 1.54. The van der Waals surface area contributed by atoms with Gasteiger partial charge >= 0.3 is 0 Å². The first kappa shape index (κ1) is 21.8. The number of nitrogens with one attached hydrogen (secondary N) is 2. The van der Waals surface area contributed by atoms with Crippen LogP contribution >= 0.6 is 11.8 Å². The van der Waals surface area contributed by atoms with Crippen LogP contribution in [0.2, 0.25) is 0 Å². The van der Waals surface area contributed by atoms with E-state index in [-0.39, 0.29) is 23.8 Å². The summed E-state index contributed by atoms with van der Waals surface area (Å²) in [4.78, 5) is 39.4. The average Bonchev–Trinajstić information content (AvgIpc) is 2.77. The molecule has 2 aromatic rings. The Hall–Kier alpha value is -2.39. The first-order valence-electron chi connectivity index (χ1n) is 10.8. The summed E-state index contributed by atoms with van der Waals surface area (Å²) in [5.74, 6) is 2.09. The van der Waals surface area contributed by atoms with Crippen molar-refractivity contribution in [1.82, 2.24) is 25.1 Å². The van der Waals surface area contributed by atoms with E-state index in [0.29, 0.717) is 37.7 Å². The lowest BCUT2D eigenvalue weighted by molar-refractivity contribution is -0.131. The molecule has 2 atom stereocenters. The topological polar surface area (TPSA) is 90.5 Å². The average molecular weight is 443 g/mol. The maximum absolute atomic E-state index is 13.1. The molecule has 0 aliphatic carbocycles. The maximum Gasteiger partial charge on any atom is 0.242 e. The molecule has 4 rings (SSSR count). The number of para-hydroxylation sites is 1. The zero-order chi connectivity index (χ0) is 22.0. The maximum atomic E-state index is 13.1. The molecule has 166 valence electrons. The summed E-state index contributed by atoms with van der Waals surface area (Å²) in [5.41, 5.74) is 0.863.